The maximum Gasteiger partial charge on any atom is 0.230 e. The molecule has 1 fully saturated rings. The van der Waals surface area contributed by atoms with Gasteiger partial charge in [0, 0.05) is 12.0 Å². The first kappa shape index (κ1) is 9.27. The van der Waals surface area contributed by atoms with Crippen LogP contribution in [0.2, 0.25) is 0 Å². The third-order valence-electron chi connectivity index (χ3n) is 2.17. The van der Waals surface area contributed by atoms with Gasteiger partial charge >= 0.3 is 0 Å². The molecule has 2 rings (SSSR count). The molecule has 0 aromatic heterocycles. The maximum absolute atomic E-state index is 11.1. The normalized spacial score (nSPS) is 28.7. The Bertz CT molecular complexity index is 292. The minimum absolute atomic E-state index is 0.153. The summed E-state index contributed by atoms with van der Waals surface area (Å²) in [4.78, 5) is 23.0. The summed E-state index contributed by atoms with van der Waals surface area (Å²) < 4.78 is 0. The second-order valence-corrected chi connectivity index (χ2v) is 5.17. The van der Waals surface area contributed by atoms with Gasteiger partial charge in [0.1, 0.15) is 6.29 Å². The van der Waals surface area contributed by atoms with Crippen molar-refractivity contribution in [2.24, 2.45) is 0 Å². The molecule has 2 aliphatic rings. The second kappa shape index (κ2) is 3.46. The first-order chi connectivity index (χ1) is 6.22. The van der Waals surface area contributed by atoms with Gasteiger partial charge in [-0.2, -0.15) is 0 Å². The van der Waals surface area contributed by atoms with E-state index in [0.29, 0.717) is 11.8 Å². The van der Waals surface area contributed by atoms with E-state index < -0.39 is 0 Å². The number of carbonyl (C=O) groups is 2. The summed E-state index contributed by atoms with van der Waals surface area (Å²) in [5.41, 5.74) is 0.976. The topological polar surface area (TPSA) is 37.4 Å². The summed E-state index contributed by atoms with van der Waals surface area (Å²) in [6.07, 6.45) is 3.29. The molecule has 3 nitrogen and oxygen atoms in total. The molecule has 0 aliphatic carbocycles. The van der Waals surface area contributed by atoms with Gasteiger partial charge in [-0.3, -0.25) is 4.79 Å². The number of rotatable bonds is 2. The highest BCUT2D eigenvalue weighted by Gasteiger charge is 2.38. The quantitative estimate of drug-likeness (QED) is 0.425. The van der Waals surface area contributed by atoms with Gasteiger partial charge in [0.05, 0.1) is 16.6 Å². The van der Waals surface area contributed by atoms with Crippen LogP contribution in [0, 0.1) is 0 Å². The van der Waals surface area contributed by atoms with Crippen LogP contribution in [0.5, 0.6) is 0 Å². The van der Waals surface area contributed by atoms with E-state index in [4.69, 9.17) is 0 Å². The molecule has 0 bridgehead atoms. The Balaban J connectivity index is 2.13. The van der Waals surface area contributed by atoms with Gasteiger partial charge in [0.15, 0.2) is 0 Å². The molecule has 0 saturated carbocycles. The van der Waals surface area contributed by atoms with Crippen molar-refractivity contribution in [1.82, 2.24) is 4.90 Å². The zero-order chi connectivity index (χ0) is 9.42. The van der Waals surface area contributed by atoms with Crippen molar-refractivity contribution in [2.45, 2.75) is 16.6 Å². The average molecular weight is 262 g/mol. The number of β-lactam (4-membered cyclic amide) rings is 1. The molecule has 2 unspecified atom stereocenters. The van der Waals surface area contributed by atoms with E-state index in [-0.39, 0.29) is 10.7 Å². The van der Waals surface area contributed by atoms with Crippen molar-refractivity contribution in [2.75, 3.05) is 5.75 Å². The van der Waals surface area contributed by atoms with Crippen LogP contribution < -0.4 is 0 Å². The Hall–Kier alpha value is -0.290. The Morgan fingerprint density at radius 3 is 3.15 bits per heavy atom. The minimum Gasteiger partial charge on any atom is -0.306 e. The number of amides is 1. The summed E-state index contributed by atoms with van der Waals surface area (Å²) in [5.74, 6) is 0.989. The van der Waals surface area contributed by atoms with Crippen molar-refractivity contribution in [3.8, 4) is 0 Å². The molecule has 13 heavy (non-hydrogen) atoms. The Morgan fingerprint density at radius 2 is 2.54 bits per heavy atom. The summed E-state index contributed by atoms with van der Waals surface area (Å²) in [6.45, 7) is 0. The van der Waals surface area contributed by atoms with Gasteiger partial charge in [0.2, 0.25) is 5.91 Å². The number of alkyl halides is 1. The van der Waals surface area contributed by atoms with Gasteiger partial charge in [-0.15, -0.1) is 11.8 Å². The fourth-order valence-electron chi connectivity index (χ4n) is 1.34. The molecular formula is C8H8BrNO2S. The van der Waals surface area contributed by atoms with Gasteiger partial charge in [-0.25, -0.2) is 0 Å². The highest BCUT2D eigenvalue weighted by atomic mass is 79.9. The first-order valence-electron chi connectivity index (χ1n) is 3.95. The lowest BCUT2D eigenvalue weighted by atomic mass is 10.1. The number of aldehydes is 1. The molecule has 2 atom stereocenters. The molecule has 70 valence electrons. The van der Waals surface area contributed by atoms with Crippen LogP contribution >= 0.6 is 27.7 Å². The van der Waals surface area contributed by atoms with Gasteiger partial charge < -0.3 is 9.69 Å². The Morgan fingerprint density at radius 1 is 1.77 bits per heavy atom. The van der Waals surface area contributed by atoms with Gasteiger partial charge in [0.25, 0.3) is 0 Å². The van der Waals surface area contributed by atoms with E-state index in [2.05, 4.69) is 15.9 Å². The predicted molar refractivity (Wildman–Crippen MR) is 54.6 cm³/mol. The van der Waals surface area contributed by atoms with Gasteiger partial charge in [-0.1, -0.05) is 15.9 Å². The molecule has 0 radical (unpaired) electrons. The number of thioether (sulfide) groups is 1. The van der Waals surface area contributed by atoms with Crippen molar-refractivity contribution in [3.63, 3.8) is 0 Å². The van der Waals surface area contributed by atoms with E-state index in [0.717, 1.165) is 17.6 Å². The summed E-state index contributed by atoms with van der Waals surface area (Å²) >= 11 is 4.96. The van der Waals surface area contributed by atoms with E-state index in [1.165, 1.54) is 0 Å². The number of nitrogens with zero attached hydrogens (tertiary/aromatic N) is 1. The standard InChI is InChI=1S/C8H8BrNO2S/c9-6(3-11)5-2-10-7(12)1-8(10)13-4-5/h2-3,6,8H,1,4H2. The van der Waals surface area contributed by atoms with E-state index in [1.807, 2.05) is 0 Å². The lowest BCUT2D eigenvalue weighted by Gasteiger charge is -2.41. The first-order valence-corrected chi connectivity index (χ1v) is 5.91. The highest BCUT2D eigenvalue weighted by Crippen LogP contribution is 2.36. The number of fused-ring (bicyclic) bond motifs is 1. The molecule has 1 amide bonds. The van der Waals surface area contributed by atoms with Crippen molar-refractivity contribution in [3.05, 3.63) is 11.8 Å². The van der Waals surface area contributed by atoms with Crippen molar-refractivity contribution >= 4 is 39.9 Å². The summed E-state index contributed by atoms with van der Waals surface area (Å²) in [5, 5.41) is 0.322. The average Bonchev–Trinajstić information content (AvgIpc) is 2.15. The molecule has 2 aliphatic heterocycles. The lowest BCUT2D eigenvalue weighted by molar-refractivity contribution is -0.137. The Labute approximate surface area is 88.7 Å². The SMILES string of the molecule is O=CC(Br)C1=CN2C(=O)CC2SC1. The molecule has 0 N–H and O–H groups in total. The maximum atomic E-state index is 11.1. The smallest absolute Gasteiger partial charge is 0.230 e. The number of hydrogen-bond acceptors (Lipinski definition) is 3. The van der Waals surface area contributed by atoms with Crippen molar-refractivity contribution < 1.29 is 9.59 Å². The third kappa shape index (κ3) is 1.55. The number of halogens is 1. The van der Waals surface area contributed by atoms with E-state index >= 15 is 0 Å². The molecule has 0 spiro atoms. The molecule has 1 saturated heterocycles. The van der Waals surface area contributed by atoms with E-state index in [9.17, 15) is 9.59 Å². The van der Waals surface area contributed by atoms with Crippen LogP contribution in [0.15, 0.2) is 11.8 Å². The fourth-order valence-corrected chi connectivity index (χ4v) is 3.07. The number of carbonyl (C=O) groups excluding carboxylic acids is 2. The summed E-state index contributed by atoms with van der Waals surface area (Å²) in [7, 11) is 0. The minimum atomic E-state index is -0.241. The largest absolute Gasteiger partial charge is 0.306 e. The van der Waals surface area contributed by atoms with Crippen LogP contribution in [-0.4, -0.2) is 33.0 Å². The molecule has 5 heteroatoms. The zero-order valence-electron chi connectivity index (χ0n) is 6.77. The monoisotopic (exact) mass is 261 g/mol. The lowest BCUT2D eigenvalue weighted by Crippen LogP contribution is -2.49. The van der Waals surface area contributed by atoms with Crippen LogP contribution in [-0.2, 0) is 9.59 Å². The van der Waals surface area contributed by atoms with Crippen LogP contribution in [0.25, 0.3) is 0 Å². The molecule has 0 aromatic carbocycles. The van der Waals surface area contributed by atoms with E-state index in [1.54, 1.807) is 22.9 Å². The van der Waals surface area contributed by atoms with Crippen molar-refractivity contribution in [1.29, 1.82) is 0 Å². The number of hydrogen-bond donors (Lipinski definition) is 0. The second-order valence-electron chi connectivity index (χ2n) is 3.01. The summed E-state index contributed by atoms with van der Waals surface area (Å²) in [6, 6.07) is 0. The van der Waals surface area contributed by atoms with Crippen LogP contribution in [0.4, 0.5) is 0 Å². The highest BCUT2D eigenvalue weighted by molar-refractivity contribution is 9.10. The fraction of sp³-hybridized carbons (Fsp3) is 0.500. The van der Waals surface area contributed by atoms with Gasteiger partial charge in [-0.05, 0) is 5.57 Å². The molecule has 2 heterocycles. The molecular weight excluding hydrogens is 254 g/mol. The third-order valence-corrected chi connectivity index (χ3v) is 4.25. The van der Waals surface area contributed by atoms with Crippen LogP contribution in [0.3, 0.4) is 0 Å². The Kier molecular flexibility index (Phi) is 2.47. The molecule has 0 aromatic rings. The predicted octanol–water partition coefficient (Wildman–Crippen LogP) is 1.14. The van der Waals surface area contributed by atoms with Crippen LogP contribution in [0.1, 0.15) is 6.42 Å². The zero-order valence-corrected chi connectivity index (χ0v) is 9.18.